The Kier molecular flexibility index (Phi) is 4.73. The fourth-order valence-corrected chi connectivity index (χ4v) is 3.35. The van der Waals surface area contributed by atoms with E-state index in [4.69, 9.17) is 0 Å². The van der Waals surface area contributed by atoms with Gasteiger partial charge >= 0.3 is 0 Å². The molecule has 1 amide bonds. The van der Waals surface area contributed by atoms with Gasteiger partial charge in [0.15, 0.2) is 5.69 Å². The molecule has 7 nitrogen and oxygen atoms in total. The first-order valence-corrected chi connectivity index (χ1v) is 9.38. The second-order valence-corrected chi connectivity index (χ2v) is 7.26. The van der Waals surface area contributed by atoms with Crippen molar-refractivity contribution in [2.45, 2.75) is 33.0 Å². The van der Waals surface area contributed by atoms with Gasteiger partial charge in [-0.2, -0.15) is 5.10 Å². The predicted octanol–water partition coefficient (Wildman–Crippen LogP) is 3.20. The summed E-state index contributed by atoms with van der Waals surface area (Å²) in [5.41, 5.74) is 2.48. The molecule has 0 aliphatic rings. The molecule has 28 heavy (non-hydrogen) atoms. The van der Waals surface area contributed by atoms with Crippen LogP contribution >= 0.6 is 0 Å². The van der Waals surface area contributed by atoms with Crippen molar-refractivity contribution in [3.63, 3.8) is 0 Å². The topological polar surface area (TPSA) is 71.7 Å². The average Bonchev–Trinajstić information content (AvgIpc) is 3.40. The van der Waals surface area contributed by atoms with Gasteiger partial charge in [0.05, 0.1) is 18.8 Å². The standard InChI is InChI=1S/C21H24N6O/c1-15(2)27(14-20-22-9-11-25(20)3)21(28)18-12-17(23-24-18)13-26-10-8-16-6-4-5-7-19(16)26/h4-12,15H,13-14H2,1-3H3,(H,23,24). The summed E-state index contributed by atoms with van der Waals surface area (Å²) in [6.45, 7) is 5.08. The van der Waals surface area contributed by atoms with Crippen LogP contribution in [-0.2, 0) is 20.1 Å². The Morgan fingerprint density at radius 3 is 2.79 bits per heavy atom. The Balaban J connectivity index is 1.53. The number of aromatic amines is 1. The highest BCUT2D eigenvalue weighted by molar-refractivity contribution is 5.92. The van der Waals surface area contributed by atoms with E-state index in [1.165, 1.54) is 5.39 Å². The molecule has 3 heterocycles. The second-order valence-electron chi connectivity index (χ2n) is 7.26. The summed E-state index contributed by atoms with van der Waals surface area (Å²) in [5.74, 6) is 0.745. The van der Waals surface area contributed by atoms with E-state index in [2.05, 4.69) is 44.1 Å². The zero-order chi connectivity index (χ0) is 19.7. The first-order chi connectivity index (χ1) is 13.5. The molecule has 4 aromatic rings. The van der Waals surface area contributed by atoms with Gasteiger partial charge in [-0.15, -0.1) is 0 Å². The highest BCUT2D eigenvalue weighted by Crippen LogP contribution is 2.17. The van der Waals surface area contributed by atoms with E-state index < -0.39 is 0 Å². The minimum Gasteiger partial charge on any atom is -0.341 e. The highest BCUT2D eigenvalue weighted by Gasteiger charge is 2.23. The molecule has 3 aromatic heterocycles. The molecule has 1 aromatic carbocycles. The van der Waals surface area contributed by atoms with E-state index >= 15 is 0 Å². The van der Waals surface area contributed by atoms with Crippen LogP contribution in [0.3, 0.4) is 0 Å². The third-order valence-electron chi connectivity index (χ3n) is 4.99. The van der Waals surface area contributed by atoms with Crippen molar-refractivity contribution >= 4 is 16.8 Å². The number of nitrogens with one attached hydrogen (secondary N) is 1. The highest BCUT2D eigenvalue weighted by atomic mass is 16.2. The van der Waals surface area contributed by atoms with Gasteiger partial charge < -0.3 is 14.0 Å². The number of carbonyl (C=O) groups excluding carboxylic acids is 1. The number of fused-ring (bicyclic) bond motifs is 1. The van der Waals surface area contributed by atoms with Gasteiger partial charge in [-0.1, -0.05) is 18.2 Å². The van der Waals surface area contributed by atoms with Crippen LogP contribution in [0.2, 0.25) is 0 Å². The Bertz CT molecular complexity index is 1100. The molecule has 0 unspecified atom stereocenters. The van der Waals surface area contributed by atoms with Gasteiger partial charge in [0.25, 0.3) is 5.91 Å². The van der Waals surface area contributed by atoms with Crippen LogP contribution in [0.25, 0.3) is 10.9 Å². The Morgan fingerprint density at radius 2 is 2.04 bits per heavy atom. The normalized spacial score (nSPS) is 11.4. The zero-order valence-electron chi connectivity index (χ0n) is 16.3. The Morgan fingerprint density at radius 1 is 1.21 bits per heavy atom. The number of hydrogen-bond donors (Lipinski definition) is 1. The third kappa shape index (κ3) is 3.43. The van der Waals surface area contributed by atoms with Crippen molar-refractivity contribution in [3.05, 3.63) is 72.2 Å². The van der Waals surface area contributed by atoms with Gasteiger partial charge in [0.1, 0.15) is 5.82 Å². The maximum Gasteiger partial charge on any atom is 0.274 e. The third-order valence-corrected chi connectivity index (χ3v) is 4.99. The number of para-hydroxylation sites is 1. The number of aromatic nitrogens is 5. The van der Waals surface area contributed by atoms with Crippen molar-refractivity contribution in [1.29, 1.82) is 0 Å². The minimum atomic E-state index is -0.0992. The van der Waals surface area contributed by atoms with Crippen molar-refractivity contribution in [2.24, 2.45) is 7.05 Å². The van der Waals surface area contributed by atoms with Crippen molar-refractivity contribution < 1.29 is 4.79 Å². The summed E-state index contributed by atoms with van der Waals surface area (Å²) < 4.78 is 4.07. The van der Waals surface area contributed by atoms with Gasteiger partial charge in [-0.3, -0.25) is 9.89 Å². The first-order valence-electron chi connectivity index (χ1n) is 9.38. The first kappa shape index (κ1) is 18.0. The lowest BCUT2D eigenvalue weighted by molar-refractivity contribution is 0.0677. The fraction of sp³-hybridized carbons (Fsp3) is 0.286. The van der Waals surface area contributed by atoms with E-state index in [1.807, 2.05) is 49.9 Å². The molecular formula is C21H24N6O. The Labute approximate surface area is 163 Å². The summed E-state index contributed by atoms with van der Waals surface area (Å²) in [6.07, 6.45) is 5.67. The summed E-state index contributed by atoms with van der Waals surface area (Å²) in [5, 5.41) is 8.48. The molecule has 0 radical (unpaired) electrons. The smallest absolute Gasteiger partial charge is 0.274 e. The number of amides is 1. The number of H-pyrrole nitrogens is 1. The number of nitrogens with zero attached hydrogens (tertiary/aromatic N) is 5. The van der Waals surface area contributed by atoms with Crippen LogP contribution in [0.1, 0.15) is 35.9 Å². The second kappa shape index (κ2) is 7.34. The lowest BCUT2D eigenvalue weighted by Crippen LogP contribution is -2.37. The average molecular weight is 376 g/mol. The molecule has 144 valence electrons. The summed E-state index contributed by atoms with van der Waals surface area (Å²) >= 11 is 0. The molecule has 0 bridgehead atoms. The molecule has 4 rings (SSSR count). The molecule has 0 aliphatic heterocycles. The lowest BCUT2D eigenvalue weighted by Gasteiger charge is -2.25. The van der Waals surface area contributed by atoms with Crippen molar-refractivity contribution in [2.75, 3.05) is 0 Å². The minimum absolute atomic E-state index is 0.0396. The van der Waals surface area contributed by atoms with Crippen LogP contribution in [0.15, 0.2) is 55.0 Å². The molecule has 0 saturated carbocycles. The fourth-order valence-electron chi connectivity index (χ4n) is 3.35. The molecule has 0 fully saturated rings. The number of benzene rings is 1. The predicted molar refractivity (Wildman–Crippen MR) is 108 cm³/mol. The lowest BCUT2D eigenvalue weighted by atomic mass is 10.2. The Hall–Kier alpha value is -3.35. The van der Waals surface area contributed by atoms with Crippen LogP contribution in [0.4, 0.5) is 0 Å². The van der Waals surface area contributed by atoms with Gasteiger partial charge in [0.2, 0.25) is 0 Å². The summed E-state index contributed by atoms with van der Waals surface area (Å²) in [6, 6.07) is 12.2. The molecule has 7 heteroatoms. The van der Waals surface area contributed by atoms with Crippen molar-refractivity contribution in [1.82, 2.24) is 29.2 Å². The van der Waals surface area contributed by atoms with E-state index in [0.29, 0.717) is 18.8 Å². The number of hydrogen-bond acceptors (Lipinski definition) is 3. The molecule has 0 saturated heterocycles. The SMILES string of the molecule is CC(C)N(Cc1nccn1C)C(=O)c1cc(Cn2ccc3ccccc32)[nH]n1. The quantitative estimate of drug-likeness (QED) is 0.562. The van der Waals surface area contributed by atoms with E-state index in [0.717, 1.165) is 17.0 Å². The molecular weight excluding hydrogens is 352 g/mol. The van der Waals surface area contributed by atoms with Gasteiger partial charge in [0, 0.05) is 37.2 Å². The largest absolute Gasteiger partial charge is 0.341 e. The van der Waals surface area contributed by atoms with Crippen LogP contribution in [0.5, 0.6) is 0 Å². The monoisotopic (exact) mass is 376 g/mol. The summed E-state index contributed by atoms with van der Waals surface area (Å²) in [7, 11) is 1.93. The van der Waals surface area contributed by atoms with Crippen LogP contribution in [-0.4, -0.2) is 41.2 Å². The number of imidazole rings is 1. The van der Waals surface area contributed by atoms with E-state index in [1.54, 1.807) is 11.1 Å². The molecule has 1 N–H and O–H groups in total. The number of aryl methyl sites for hydroxylation is 1. The maximum atomic E-state index is 13.1. The zero-order valence-corrected chi connectivity index (χ0v) is 16.3. The van der Waals surface area contributed by atoms with Gasteiger partial charge in [-0.05, 0) is 37.4 Å². The van der Waals surface area contributed by atoms with E-state index in [-0.39, 0.29) is 11.9 Å². The van der Waals surface area contributed by atoms with Crippen LogP contribution in [0, 0.1) is 0 Å². The number of rotatable bonds is 6. The van der Waals surface area contributed by atoms with Crippen molar-refractivity contribution in [3.8, 4) is 0 Å². The molecule has 0 atom stereocenters. The van der Waals surface area contributed by atoms with Crippen LogP contribution < -0.4 is 0 Å². The molecule has 0 aliphatic carbocycles. The summed E-state index contributed by atoms with van der Waals surface area (Å²) in [4.78, 5) is 19.2. The molecule has 0 spiro atoms. The number of carbonyl (C=O) groups is 1. The maximum absolute atomic E-state index is 13.1. The van der Waals surface area contributed by atoms with Gasteiger partial charge in [-0.25, -0.2) is 4.98 Å². The van der Waals surface area contributed by atoms with E-state index in [9.17, 15) is 4.79 Å².